The molecule has 0 aliphatic carbocycles. The van der Waals surface area contributed by atoms with E-state index in [2.05, 4.69) is 25.8 Å². The number of aromatic amines is 1. The van der Waals surface area contributed by atoms with E-state index in [9.17, 15) is 9.90 Å². The minimum atomic E-state index is -0.466. The Morgan fingerprint density at radius 3 is 2.90 bits per heavy atom. The maximum Gasteiger partial charge on any atom is 0.241 e. The molecule has 2 unspecified atom stereocenters. The van der Waals surface area contributed by atoms with E-state index in [1.807, 2.05) is 31.2 Å². The lowest BCUT2D eigenvalue weighted by Crippen LogP contribution is -2.35. The van der Waals surface area contributed by atoms with Crippen molar-refractivity contribution >= 4 is 11.6 Å². The number of aliphatic hydroxyl groups is 1. The second kappa shape index (κ2) is 5.63. The van der Waals surface area contributed by atoms with Gasteiger partial charge in [-0.25, -0.2) is 4.98 Å². The third kappa shape index (κ3) is 2.93. The van der Waals surface area contributed by atoms with Gasteiger partial charge in [0.1, 0.15) is 5.82 Å². The monoisotopic (exact) mass is 287 g/mol. The van der Waals surface area contributed by atoms with Crippen molar-refractivity contribution in [2.24, 2.45) is 0 Å². The van der Waals surface area contributed by atoms with Crippen LogP contribution in [-0.2, 0) is 4.79 Å². The molecule has 1 aromatic carbocycles. The molecule has 7 heteroatoms. The van der Waals surface area contributed by atoms with Crippen LogP contribution in [-0.4, -0.2) is 44.9 Å². The number of hydrogen-bond acceptors (Lipinski definition) is 5. The number of carbonyl (C=O) groups excluding carboxylic acids is 1. The van der Waals surface area contributed by atoms with E-state index in [0.717, 1.165) is 5.56 Å². The lowest BCUT2D eigenvalue weighted by Gasteiger charge is -2.13. The number of aliphatic hydroxyl groups excluding tert-OH is 1. The molecule has 4 N–H and O–H groups in total. The molecule has 0 radical (unpaired) electrons. The van der Waals surface area contributed by atoms with Gasteiger partial charge in [-0.15, -0.1) is 0 Å². The lowest BCUT2D eigenvalue weighted by molar-refractivity contribution is -0.117. The fourth-order valence-electron chi connectivity index (χ4n) is 2.39. The number of amides is 1. The molecule has 7 nitrogen and oxygen atoms in total. The van der Waals surface area contributed by atoms with Crippen molar-refractivity contribution in [2.45, 2.75) is 25.5 Å². The van der Waals surface area contributed by atoms with Crippen LogP contribution < -0.4 is 10.6 Å². The van der Waals surface area contributed by atoms with Gasteiger partial charge in [0.15, 0.2) is 5.82 Å². The summed E-state index contributed by atoms with van der Waals surface area (Å²) in [6, 6.07) is 7.01. The summed E-state index contributed by atoms with van der Waals surface area (Å²) in [4.78, 5) is 16.5. The van der Waals surface area contributed by atoms with E-state index in [1.54, 1.807) is 0 Å². The van der Waals surface area contributed by atoms with E-state index in [-0.39, 0.29) is 11.9 Å². The summed E-state index contributed by atoms with van der Waals surface area (Å²) in [6.45, 7) is 2.27. The number of β-amino-alcohol motifs (C(OH)–C–C–N with tert-alkyl or cyclic N) is 1. The molecule has 110 valence electrons. The first-order valence-electron chi connectivity index (χ1n) is 6.84. The SMILES string of the molecule is Cc1nc(-c2ccccc2NC(=O)C2CC(O)CN2)n[nH]1. The standard InChI is InChI=1S/C14H17N5O2/c1-8-16-13(19-18-8)10-4-2-3-5-11(10)17-14(21)12-6-9(20)7-15-12/h2-5,9,12,15,20H,6-7H2,1H3,(H,17,21)(H,16,18,19). The fraction of sp³-hybridized carbons (Fsp3) is 0.357. The smallest absolute Gasteiger partial charge is 0.241 e. The van der Waals surface area contributed by atoms with Gasteiger partial charge in [-0.05, 0) is 25.5 Å². The van der Waals surface area contributed by atoms with Crippen LogP contribution in [0.4, 0.5) is 5.69 Å². The molecular weight excluding hydrogens is 270 g/mol. The Bertz CT molecular complexity index is 654. The number of aryl methyl sites for hydroxylation is 1. The van der Waals surface area contributed by atoms with E-state index >= 15 is 0 Å². The van der Waals surface area contributed by atoms with Crippen molar-refractivity contribution in [3.05, 3.63) is 30.1 Å². The molecule has 0 saturated carbocycles. The summed E-state index contributed by atoms with van der Waals surface area (Å²) >= 11 is 0. The average molecular weight is 287 g/mol. The number of benzene rings is 1. The molecule has 2 heterocycles. The summed E-state index contributed by atoms with van der Waals surface area (Å²) in [7, 11) is 0. The highest BCUT2D eigenvalue weighted by Crippen LogP contribution is 2.25. The summed E-state index contributed by atoms with van der Waals surface area (Å²) < 4.78 is 0. The van der Waals surface area contributed by atoms with Crippen molar-refractivity contribution in [3.8, 4) is 11.4 Å². The first-order chi connectivity index (χ1) is 10.1. The normalized spacial score (nSPS) is 21.4. The zero-order valence-corrected chi connectivity index (χ0v) is 11.6. The van der Waals surface area contributed by atoms with Crippen molar-refractivity contribution < 1.29 is 9.90 Å². The predicted octanol–water partition coefficient (Wildman–Crippen LogP) is 0.441. The summed E-state index contributed by atoms with van der Waals surface area (Å²) in [5, 5.41) is 22.3. The number of nitrogens with one attached hydrogen (secondary N) is 3. The Kier molecular flexibility index (Phi) is 3.68. The second-order valence-corrected chi connectivity index (χ2v) is 5.13. The van der Waals surface area contributed by atoms with Crippen LogP contribution >= 0.6 is 0 Å². The molecule has 3 rings (SSSR count). The quantitative estimate of drug-likeness (QED) is 0.656. The molecule has 0 spiro atoms. The maximum absolute atomic E-state index is 12.2. The Hall–Kier alpha value is -2.25. The molecule has 2 atom stereocenters. The number of para-hydroxylation sites is 1. The molecule has 1 saturated heterocycles. The Morgan fingerprint density at radius 1 is 1.43 bits per heavy atom. The van der Waals surface area contributed by atoms with Gasteiger partial charge in [-0.1, -0.05) is 12.1 Å². The van der Waals surface area contributed by atoms with E-state index in [0.29, 0.717) is 30.3 Å². The Labute approximate surface area is 121 Å². The van der Waals surface area contributed by atoms with Crippen LogP contribution in [0.3, 0.4) is 0 Å². The lowest BCUT2D eigenvalue weighted by atomic mass is 10.1. The highest BCUT2D eigenvalue weighted by Gasteiger charge is 2.28. The molecule has 1 fully saturated rings. The van der Waals surface area contributed by atoms with Crippen LogP contribution in [0.1, 0.15) is 12.2 Å². The third-order valence-corrected chi connectivity index (χ3v) is 3.45. The molecule has 21 heavy (non-hydrogen) atoms. The molecule has 0 bridgehead atoms. The van der Waals surface area contributed by atoms with Gasteiger partial charge < -0.3 is 15.7 Å². The summed E-state index contributed by atoms with van der Waals surface area (Å²) in [5.41, 5.74) is 1.42. The molecule has 1 aromatic heterocycles. The predicted molar refractivity (Wildman–Crippen MR) is 77.6 cm³/mol. The summed E-state index contributed by atoms with van der Waals surface area (Å²) in [5.74, 6) is 1.10. The molecule has 1 amide bonds. The number of anilines is 1. The van der Waals surface area contributed by atoms with E-state index < -0.39 is 6.10 Å². The van der Waals surface area contributed by atoms with E-state index in [1.165, 1.54) is 0 Å². The number of nitrogens with zero attached hydrogens (tertiary/aromatic N) is 2. The minimum absolute atomic E-state index is 0.161. The van der Waals surface area contributed by atoms with Crippen LogP contribution in [0.2, 0.25) is 0 Å². The number of hydrogen-bond donors (Lipinski definition) is 4. The average Bonchev–Trinajstić information content (AvgIpc) is 3.08. The highest BCUT2D eigenvalue weighted by molar-refractivity contribution is 5.98. The molecule has 2 aromatic rings. The number of H-pyrrole nitrogens is 1. The van der Waals surface area contributed by atoms with Crippen molar-refractivity contribution in [1.82, 2.24) is 20.5 Å². The van der Waals surface area contributed by atoms with Crippen LogP contribution in [0.5, 0.6) is 0 Å². The highest BCUT2D eigenvalue weighted by atomic mass is 16.3. The van der Waals surface area contributed by atoms with Gasteiger partial charge >= 0.3 is 0 Å². The molecular formula is C14H17N5O2. The third-order valence-electron chi connectivity index (χ3n) is 3.45. The second-order valence-electron chi connectivity index (χ2n) is 5.13. The fourth-order valence-corrected chi connectivity index (χ4v) is 2.39. The number of carbonyl (C=O) groups is 1. The van der Waals surface area contributed by atoms with Gasteiger partial charge in [0.2, 0.25) is 5.91 Å². The largest absolute Gasteiger partial charge is 0.392 e. The van der Waals surface area contributed by atoms with Crippen LogP contribution in [0, 0.1) is 6.92 Å². The van der Waals surface area contributed by atoms with Crippen LogP contribution in [0.25, 0.3) is 11.4 Å². The van der Waals surface area contributed by atoms with Gasteiger partial charge in [-0.3, -0.25) is 9.89 Å². The molecule has 1 aliphatic rings. The zero-order chi connectivity index (χ0) is 14.8. The Balaban J connectivity index is 1.81. The van der Waals surface area contributed by atoms with Gasteiger partial charge in [-0.2, -0.15) is 5.10 Å². The van der Waals surface area contributed by atoms with Gasteiger partial charge in [0.05, 0.1) is 17.8 Å². The Morgan fingerprint density at radius 2 is 2.24 bits per heavy atom. The first-order valence-corrected chi connectivity index (χ1v) is 6.84. The van der Waals surface area contributed by atoms with Crippen molar-refractivity contribution in [3.63, 3.8) is 0 Å². The molecule has 1 aliphatic heterocycles. The first kappa shape index (κ1) is 13.7. The maximum atomic E-state index is 12.2. The van der Waals surface area contributed by atoms with Crippen molar-refractivity contribution in [2.75, 3.05) is 11.9 Å². The minimum Gasteiger partial charge on any atom is -0.392 e. The number of aromatic nitrogens is 3. The van der Waals surface area contributed by atoms with Gasteiger partial charge in [0, 0.05) is 12.1 Å². The van der Waals surface area contributed by atoms with Gasteiger partial charge in [0.25, 0.3) is 0 Å². The van der Waals surface area contributed by atoms with Crippen molar-refractivity contribution in [1.29, 1.82) is 0 Å². The van der Waals surface area contributed by atoms with Crippen LogP contribution in [0.15, 0.2) is 24.3 Å². The van der Waals surface area contributed by atoms with E-state index in [4.69, 9.17) is 0 Å². The number of rotatable bonds is 3. The zero-order valence-electron chi connectivity index (χ0n) is 11.6. The summed E-state index contributed by atoms with van der Waals surface area (Å²) in [6.07, 6.45) is -0.0417. The topological polar surface area (TPSA) is 103 Å².